The summed E-state index contributed by atoms with van der Waals surface area (Å²) in [5.41, 5.74) is 2.26. The van der Waals surface area contributed by atoms with Crippen LogP contribution in [0.25, 0.3) is 11.1 Å². The maximum absolute atomic E-state index is 12.1. The molecule has 3 aromatic rings. The highest BCUT2D eigenvalue weighted by Crippen LogP contribution is 2.35. The van der Waals surface area contributed by atoms with Gasteiger partial charge in [0, 0.05) is 0 Å². The molecule has 216 valence electrons. The number of rotatable bonds is 14. The number of likely N-dealkylation sites (N-methyl/N-ethyl adjacent to an activating group) is 1. The van der Waals surface area contributed by atoms with Crippen LogP contribution in [0.15, 0.2) is 84.9 Å². The molecule has 4 N–H and O–H groups in total. The normalized spacial score (nSPS) is 14.9. The van der Waals surface area contributed by atoms with Crippen LogP contribution in [0.2, 0.25) is 0 Å². The number of allylic oxidation sites excluding steroid dienone is 1. The van der Waals surface area contributed by atoms with Gasteiger partial charge in [-0.15, -0.1) is 0 Å². The van der Waals surface area contributed by atoms with E-state index < -0.39 is 41.9 Å². The first-order valence-electron chi connectivity index (χ1n) is 13.1. The van der Waals surface area contributed by atoms with Crippen molar-refractivity contribution in [1.29, 1.82) is 0 Å². The lowest BCUT2D eigenvalue weighted by molar-refractivity contribution is -0.183. The summed E-state index contributed by atoms with van der Waals surface area (Å²) in [6.07, 6.45) is -0.496. The summed E-state index contributed by atoms with van der Waals surface area (Å²) < 4.78 is 5.88. The molecular formula is C32H35NO8. The molecule has 0 saturated carbocycles. The first kappa shape index (κ1) is 31.1. The van der Waals surface area contributed by atoms with Gasteiger partial charge >= 0.3 is 17.9 Å². The van der Waals surface area contributed by atoms with E-state index in [-0.39, 0.29) is 6.61 Å². The number of ether oxygens (including phenoxy) is 1. The van der Waals surface area contributed by atoms with E-state index in [9.17, 15) is 34.8 Å². The Labute approximate surface area is 239 Å². The van der Waals surface area contributed by atoms with Crippen LogP contribution in [0.5, 0.6) is 5.75 Å². The zero-order valence-corrected chi connectivity index (χ0v) is 23.2. The molecule has 3 atom stereocenters. The van der Waals surface area contributed by atoms with E-state index >= 15 is 0 Å². The van der Waals surface area contributed by atoms with Gasteiger partial charge in [0.1, 0.15) is 18.3 Å². The summed E-state index contributed by atoms with van der Waals surface area (Å²) in [6.45, 7) is 1.79. The number of nitrogens with zero attached hydrogens (tertiary/aromatic N) is 1. The molecule has 0 fully saturated rings. The number of carboxylic acid groups (broad SMARTS) is 3. The maximum Gasteiger partial charge on any atom is 0.337 e. The molecule has 0 aromatic heterocycles. The lowest BCUT2D eigenvalue weighted by Gasteiger charge is -2.37. The monoisotopic (exact) mass is 561 g/mol. The minimum atomic E-state index is -3.05. The van der Waals surface area contributed by atoms with Crippen LogP contribution >= 0.6 is 0 Å². The van der Waals surface area contributed by atoms with E-state index in [1.54, 1.807) is 12.1 Å². The zero-order chi connectivity index (χ0) is 30.2. The molecule has 41 heavy (non-hydrogen) atoms. The summed E-state index contributed by atoms with van der Waals surface area (Å²) in [5.74, 6) is -6.82. The van der Waals surface area contributed by atoms with Crippen LogP contribution in [0, 0.1) is 5.92 Å². The molecule has 9 heteroatoms. The van der Waals surface area contributed by atoms with Crippen LogP contribution in [0.3, 0.4) is 0 Å². The third-order valence-corrected chi connectivity index (χ3v) is 7.02. The van der Waals surface area contributed by atoms with Gasteiger partial charge in [0.15, 0.2) is 5.60 Å². The fourth-order valence-corrected chi connectivity index (χ4v) is 4.96. The Balaban J connectivity index is 1.95. The summed E-state index contributed by atoms with van der Waals surface area (Å²) >= 11 is 0. The Bertz CT molecular complexity index is 1370. The minimum absolute atomic E-state index is 0.315. The smallest absolute Gasteiger partial charge is 0.337 e. The van der Waals surface area contributed by atoms with Crippen LogP contribution < -0.4 is 4.74 Å². The van der Waals surface area contributed by atoms with Crippen LogP contribution in [0.1, 0.15) is 36.5 Å². The third kappa shape index (κ3) is 7.39. The molecule has 0 aliphatic rings. The number of aliphatic hydroxyl groups is 1. The van der Waals surface area contributed by atoms with Crippen molar-refractivity contribution in [2.75, 3.05) is 20.7 Å². The van der Waals surface area contributed by atoms with Gasteiger partial charge < -0.3 is 30.1 Å². The summed E-state index contributed by atoms with van der Waals surface area (Å²) in [6, 6.07) is 26.2. The van der Waals surface area contributed by atoms with Crippen molar-refractivity contribution < 1.29 is 39.5 Å². The molecule has 0 radical (unpaired) electrons. The Kier molecular flexibility index (Phi) is 10.4. The summed E-state index contributed by atoms with van der Waals surface area (Å²) in [7, 11) is 3.01. The minimum Gasteiger partial charge on any atom is -0.492 e. The van der Waals surface area contributed by atoms with Crippen molar-refractivity contribution in [3.8, 4) is 5.75 Å². The standard InChI is InChI=1S/C32H35NO8/c1-4-25(21-11-7-5-8-12-21)28(22-13-9-6-10-14-22)23-15-17-24(18-16-23)41-20-26(33(2)3)29(30(36)37)32(40,31(38)39)19-27(34)35/h5-18,26,29,40H,4,19-20H2,1-3H3,(H,34,35)(H,36,37)(H,38,39). The van der Waals surface area contributed by atoms with E-state index in [2.05, 4.69) is 19.1 Å². The molecule has 3 unspecified atom stereocenters. The topological polar surface area (TPSA) is 145 Å². The van der Waals surface area contributed by atoms with E-state index in [0.717, 1.165) is 34.3 Å². The fourth-order valence-electron chi connectivity index (χ4n) is 4.96. The van der Waals surface area contributed by atoms with E-state index in [1.807, 2.05) is 60.7 Å². The van der Waals surface area contributed by atoms with Crippen molar-refractivity contribution >= 4 is 29.1 Å². The molecule has 9 nitrogen and oxygen atoms in total. The van der Waals surface area contributed by atoms with Gasteiger partial charge in [0.2, 0.25) is 0 Å². The highest BCUT2D eigenvalue weighted by molar-refractivity contribution is 5.98. The first-order chi connectivity index (χ1) is 19.5. The van der Waals surface area contributed by atoms with E-state index in [0.29, 0.717) is 5.75 Å². The molecule has 0 saturated heterocycles. The highest BCUT2D eigenvalue weighted by atomic mass is 16.5. The fraction of sp³-hybridized carbons (Fsp3) is 0.281. The molecule has 3 rings (SSSR count). The number of benzene rings is 3. The molecule has 0 aliphatic heterocycles. The lowest BCUT2D eigenvalue weighted by atomic mass is 9.79. The summed E-state index contributed by atoms with van der Waals surface area (Å²) in [4.78, 5) is 36.7. The molecule has 3 aromatic carbocycles. The van der Waals surface area contributed by atoms with Crippen LogP contribution in [0.4, 0.5) is 0 Å². The van der Waals surface area contributed by atoms with Gasteiger partial charge in [-0.05, 0) is 60.5 Å². The Morgan fingerprint density at radius 2 is 1.32 bits per heavy atom. The number of aliphatic carboxylic acids is 3. The molecule has 0 amide bonds. The Morgan fingerprint density at radius 1 is 0.805 bits per heavy atom. The van der Waals surface area contributed by atoms with E-state index in [1.165, 1.54) is 19.0 Å². The SMILES string of the molecule is CCC(=C(c1ccccc1)c1ccc(OCC(C(C(=O)O)C(O)(CC(=O)O)C(=O)O)N(C)C)cc1)c1ccccc1. The van der Waals surface area contributed by atoms with Gasteiger partial charge in [-0.1, -0.05) is 79.7 Å². The summed E-state index contributed by atoms with van der Waals surface area (Å²) in [5, 5.41) is 39.4. The van der Waals surface area contributed by atoms with Gasteiger partial charge in [-0.25, -0.2) is 4.79 Å². The van der Waals surface area contributed by atoms with Gasteiger partial charge in [0.05, 0.1) is 12.5 Å². The van der Waals surface area contributed by atoms with Crippen molar-refractivity contribution in [3.63, 3.8) is 0 Å². The zero-order valence-electron chi connectivity index (χ0n) is 23.2. The lowest BCUT2D eigenvalue weighted by Crippen LogP contribution is -2.59. The van der Waals surface area contributed by atoms with Crippen molar-refractivity contribution in [1.82, 2.24) is 4.90 Å². The Morgan fingerprint density at radius 3 is 1.76 bits per heavy atom. The largest absolute Gasteiger partial charge is 0.492 e. The molecule has 0 spiro atoms. The molecule has 0 bridgehead atoms. The number of hydrogen-bond donors (Lipinski definition) is 4. The second kappa shape index (κ2) is 13.7. The Hall–Kier alpha value is -4.47. The third-order valence-electron chi connectivity index (χ3n) is 7.02. The average molecular weight is 562 g/mol. The van der Waals surface area contributed by atoms with Crippen molar-refractivity contribution in [2.24, 2.45) is 5.92 Å². The number of carboxylic acids is 3. The van der Waals surface area contributed by atoms with Gasteiger partial charge in [0.25, 0.3) is 0 Å². The molecular weight excluding hydrogens is 526 g/mol. The van der Waals surface area contributed by atoms with Crippen molar-refractivity contribution in [2.45, 2.75) is 31.4 Å². The maximum atomic E-state index is 12.1. The van der Waals surface area contributed by atoms with Crippen molar-refractivity contribution in [3.05, 3.63) is 102 Å². The second-order valence-electron chi connectivity index (χ2n) is 9.92. The van der Waals surface area contributed by atoms with Gasteiger partial charge in [-0.3, -0.25) is 9.59 Å². The number of hydrogen-bond acceptors (Lipinski definition) is 6. The predicted octanol–water partition coefficient (Wildman–Crippen LogP) is 4.36. The molecule has 0 heterocycles. The van der Waals surface area contributed by atoms with Crippen LogP contribution in [-0.4, -0.2) is 75.6 Å². The van der Waals surface area contributed by atoms with Crippen LogP contribution in [-0.2, 0) is 14.4 Å². The second-order valence-corrected chi connectivity index (χ2v) is 9.92. The highest BCUT2D eigenvalue weighted by Gasteiger charge is 2.54. The predicted molar refractivity (Wildman–Crippen MR) is 154 cm³/mol. The van der Waals surface area contributed by atoms with E-state index in [4.69, 9.17) is 4.74 Å². The first-order valence-corrected chi connectivity index (χ1v) is 13.1. The van der Waals surface area contributed by atoms with Gasteiger partial charge in [-0.2, -0.15) is 0 Å². The average Bonchev–Trinajstić information content (AvgIpc) is 2.94. The quantitative estimate of drug-likeness (QED) is 0.211. The molecule has 0 aliphatic carbocycles. The number of carbonyl (C=O) groups is 3.